The van der Waals surface area contributed by atoms with Gasteiger partial charge in [0, 0.05) is 59.1 Å². The Hall–Kier alpha value is -10.3. The van der Waals surface area contributed by atoms with Crippen LogP contribution in [0.25, 0.3) is 59.7 Å². The second-order valence-corrected chi connectivity index (χ2v) is 30.3. The topological polar surface area (TPSA) is 206 Å². The molecule has 0 saturated carbocycles. The maximum Gasteiger partial charge on any atom is 0.407 e. The van der Waals surface area contributed by atoms with Gasteiger partial charge >= 0.3 is 12.2 Å². The van der Waals surface area contributed by atoms with Crippen molar-refractivity contribution < 1.29 is 85.4 Å². The van der Waals surface area contributed by atoms with E-state index in [1.165, 1.54) is 0 Å². The normalized spacial score (nSPS) is 12.5. The molecule has 0 saturated heterocycles. The van der Waals surface area contributed by atoms with E-state index >= 15 is 0 Å². The standard InChI is InChI=1S/C97H120N2O18/c1-95(2,3)116-93(100)98-43-11-13-45-110-83-37-31-77(32-38-83)25-23-73-15-19-75(20-16-73)27-29-79-35-41-89-90-42-36-80(30-28-76-21-17-74(18-22-76)24-26-78-33-39-84(40-34-78)111-46-14-12-44-99-94(101)117-96(4,5)6)68-92(90)97(91(89)67-79,71-81-63-85(112-59-55-106-51-47-102-7)69-86(64-81)113-60-56-107-52-48-103-8)72-82-65-87(114-61-57-108-53-49-104-9)70-88(66-82)115-62-58-109-54-50-105-10/h15-42,63-70H,11-14,43-62,71-72H2,1-10H3,(H,98,100)(H,99,101)/b25-23+,26-24+,29-27+,30-28+. The molecule has 1 aliphatic carbocycles. The van der Waals surface area contributed by atoms with Gasteiger partial charge in [-0.15, -0.1) is 0 Å². The summed E-state index contributed by atoms with van der Waals surface area (Å²) in [5.74, 6) is 4.14. The van der Waals surface area contributed by atoms with Gasteiger partial charge in [-0.05, 0) is 206 Å². The number of methoxy groups -OCH3 is 4. The lowest BCUT2D eigenvalue weighted by atomic mass is 9.69. The third-order valence-electron chi connectivity index (χ3n) is 18.5. The van der Waals surface area contributed by atoms with Crippen molar-refractivity contribution in [2.75, 3.05) is 160 Å². The summed E-state index contributed by atoms with van der Waals surface area (Å²) in [6, 6.07) is 59.3. The average Bonchev–Trinajstić information content (AvgIpc) is 1.56. The first-order valence-electron chi connectivity index (χ1n) is 40.5. The lowest BCUT2D eigenvalue weighted by Crippen LogP contribution is -2.33. The van der Waals surface area contributed by atoms with E-state index in [1.807, 2.05) is 102 Å². The number of unbranched alkanes of at least 4 members (excludes halogenated alkanes) is 2. The largest absolute Gasteiger partial charge is 0.494 e. The van der Waals surface area contributed by atoms with Crippen LogP contribution in [0.15, 0.2) is 170 Å². The fourth-order valence-corrected chi connectivity index (χ4v) is 12.9. The molecule has 9 rings (SSSR count). The number of benzene rings is 8. The van der Waals surface area contributed by atoms with Crippen LogP contribution in [0.4, 0.5) is 9.59 Å². The van der Waals surface area contributed by atoms with Gasteiger partial charge in [0.15, 0.2) is 0 Å². The van der Waals surface area contributed by atoms with Gasteiger partial charge < -0.3 is 86.4 Å². The Morgan fingerprint density at radius 3 is 0.829 bits per heavy atom. The minimum atomic E-state index is -0.765. The van der Waals surface area contributed by atoms with E-state index in [9.17, 15) is 9.59 Å². The Kier molecular flexibility index (Phi) is 38.0. The van der Waals surface area contributed by atoms with Gasteiger partial charge in [-0.1, -0.05) is 158 Å². The number of carbonyl (C=O) groups excluding carboxylic acids is 2. The molecule has 0 spiro atoms. The number of nitrogens with one attached hydrogen (secondary N) is 2. The molecular formula is C97H120N2O18. The van der Waals surface area contributed by atoms with Gasteiger partial charge in [0.1, 0.15) is 72.1 Å². The summed E-state index contributed by atoms with van der Waals surface area (Å²) in [6.07, 6.45) is 20.5. The summed E-state index contributed by atoms with van der Waals surface area (Å²) >= 11 is 0. The second kappa shape index (κ2) is 49.1. The molecule has 0 atom stereocenters. The van der Waals surface area contributed by atoms with Gasteiger partial charge in [-0.2, -0.15) is 0 Å². The van der Waals surface area contributed by atoms with Crippen molar-refractivity contribution in [2.45, 2.75) is 96.7 Å². The maximum atomic E-state index is 12.0. The van der Waals surface area contributed by atoms with Crippen LogP contribution in [-0.2, 0) is 65.6 Å². The molecule has 0 heterocycles. The van der Waals surface area contributed by atoms with Crippen molar-refractivity contribution in [3.05, 3.63) is 237 Å². The van der Waals surface area contributed by atoms with Crippen molar-refractivity contribution in [1.82, 2.24) is 10.6 Å². The van der Waals surface area contributed by atoms with Gasteiger partial charge in [-0.3, -0.25) is 0 Å². The molecule has 626 valence electrons. The van der Waals surface area contributed by atoms with E-state index in [2.05, 4.69) is 168 Å². The predicted octanol–water partition coefficient (Wildman–Crippen LogP) is 18.7. The molecule has 0 fully saturated rings. The summed E-state index contributed by atoms with van der Waals surface area (Å²) in [4.78, 5) is 24.0. The first kappa shape index (κ1) is 90.7. The van der Waals surface area contributed by atoms with Crippen LogP contribution in [0.3, 0.4) is 0 Å². The van der Waals surface area contributed by atoms with Crippen molar-refractivity contribution in [2.24, 2.45) is 0 Å². The van der Waals surface area contributed by atoms with Crippen LogP contribution in [0, 0.1) is 0 Å². The minimum absolute atomic E-state index is 0.305. The van der Waals surface area contributed by atoms with E-state index in [0.717, 1.165) is 115 Å². The highest BCUT2D eigenvalue weighted by Crippen LogP contribution is 2.54. The van der Waals surface area contributed by atoms with E-state index in [1.54, 1.807) is 28.4 Å². The first-order chi connectivity index (χ1) is 56.8. The Bertz CT molecular complexity index is 4040. The molecule has 0 unspecified atom stereocenters. The Labute approximate surface area is 692 Å². The number of carbonyl (C=O) groups is 2. The quantitative estimate of drug-likeness (QED) is 0.0268. The number of rotatable bonds is 52. The number of hydrogen-bond donors (Lipinski definition) is 2. The second-order valence-electron chi connectivity index (χ2n) is 30.3. The van der Waals surface area contributed by atoms with Gasteiger partial charge in [-0.25, -0.2) is 9.59 Å². The molecule has 8 aromatic carbocycles. The van der Waals surface area contributed by atoms with Crippen LogP contribution in [0.1, 0.15) is 134 Å². The third-order valence-corrected chi connectivity index (χ3v) is 18.5. The van der Waals surface area contributed by atoms with E-state index in [0.29, 0.717) is 168 Å². The van der Waals surface area contributed by atoms with E-state index < -0.39 is 28.8 Å². The first-order valence-corrected chi connectivity index (χ1v) is 40.5. The number of ether oxygens (including phenoxy) is 16. The van der Waals surface area contributed by atoms with Crippen molar-refractivity contribution in [1.29, 1.82) is 0 Å². The molecule has 0 aromatic heterocycles. The fourth-order valence-electron chi connectivity index (χ4n) is 12.9. The SMILES string of the molecule is COCCOCCOc1cc(CC2(Cc3cc(OCCOCCOC)cc(OCCOCCOC)c3)c3cc(/C=C/c4ccc(/C=C/c5ccc(OCCCCNC(=O)OC(C)(C)C)cc5)cc4)ccc3-c3ccc(/C=C/c4ccc(/C=C/c5ccc(OCCCCNC(=O)OC(C)(C)C)cc5)cc4)cc32)cc(OCCOCCOC)c1. The molecule has 2 amide bonds. The Morgan fingerprint density at radius 1 is 0.291 bits per heavy atom. The molecule has 20 nitrogen and oxygen atoms in total. The molecule has 0 radical (unpaired) electrons. The predicted molar refractivity (Wildman–Crippen MR) is 465 cm³/mol. The Morgan fingerprint density at radius 2 is 0.547 bits per heavy atom. The third kappa shape index (κ3) is 33.0. The summed E-state index contributed by atoms with van der Waals surface area (Å²) in [7, 11) is 6.63. The summed E-state index contributed by atoms with van der Waals surface area (Å²) in [6.45, 7) is 19.6. The van der Waals surface area contributed by atoms with Crippen LogP contribution in [-0.4, -0.2) is 184 Å². The maximum absolute atomic E-state index is 12.0. The summed E-state index contributed by atoms with van der Waals surface area (Å²) < 4.78 is 93.6. The van der Waals surface area contributed by atoms with E-state index in [4.69, 9.17) is 75.8 Å². The molecular weight excluding hydrogens is 1480 g/mol. The zero-order valence-electron chi connectivity index (χ0n) is 70.0. The zero-order valence-corrected chi connectivity index (χ0v) is 70.0. The summed E-state index contributed by atoms with van der Waals surface area (Å²) in [5.41, 5.74) is 13.1. The van der Waals surface area contributed by atoms with Crippen LogP contribution < -0.4 is 39.1 Å². The molecule has 1 aliphatic rings. The fraction of sp³-hybridized carbons (Fsp3) is 0.402. The highest BCUT2D eigenvalue weighted by molar-refractivity contribution is 5.86. The highest BCUT2D eigenvalue weighted by Gasteiger charge is 2.44. The molecule has 0 bridgehead atoms. The highest BCUT2D eigenvalue weighted by atomic mass is 16.6. The Balaban J connectivity index is 1.03. The van der Waals surface area contributed by atoms with Gasteiger partial charge in [0.25, 0.3) is 0 Å². The lowest BCUT2D eigenvalue weighted by Gasteiger charge is -2.34. The van der Waals surface area contributed by atoms with Gasteiger partial charge in [0.05, 0.1) is 92.5 Å². The molecule has 0 aliphatic heterocycles. The molecule has 117 heavy (non-hydrogen) atoms. The molecule has 2 N–H and O–H groups in total. The van der Waals surface area contributed by atoms with Crippen molar-refractivity contribution in [3.63, 3.8) is 0 Å². The van der Waals surface area contributed by atoms with E-state index in [-0.39, 0.29) is 0 Å². The minimum Gasteiger partial charge on any atom is -0.494 e. The van der Waals surface area contributed by atoms with Crippen LogP contribution in [0.2, 0.25) is 0 Å². The molecule has 8 aromatic rings. The van der Waals surface area contributed by atoms with Crippen molar-refractivity contribution >= 4 is 60.8 Å². The number of fused-ring (bicyclic) bond motifs is 3. The number of alkyl carbamates (subject to hydrolysis) is 2. The van der Waals surface area contributed by atoms with Gasteiger partial charge in [0.2, 0.25) is 0 Å². The van der Waals surface area contributed by atoms with Crippen LogP contribution >= 0.6 is 0 Å². The molecule has 20 heteroatoms. The number of amides is 2. The van der Waals surface area contributed by atoms with Crippen molar-refractivity contribution in [3.8, 4) is 45.6 Å². The van der Waals surface area contributed by atoms with Crippen LogP contribution in [0.5, 0.6) is 34.5 Å². The smallest absolute Gasteiger partial charge is 0.407 e. The number of hydrogen-bond acceptors (Lipinski definition) is 18. The zero-order chi connectivity index (χ0) is 82.8. The summed E-state index contributed by atoms with van der Waals surface area (Å²) in [5, 5.41) is 5.61. The average molecular weight is 1600 g/mol. The monoisotopic (exact) mass is 1600 g/mol. The lowest BCUT2D eigenvalue weighted by molar-refractivity contribution is 0.0515.